The Balaban J connectivity index is 2.28. The van der Waals surface area contributed by atoms with Crippen LogP contribution in [0.3, 0.4) is 0 Å². The Hall–Kier alpha value is -0.570. The molecule has 1 N–H and O–H groups in total. The highest BCUT2D eigenvalue weighted by Gasteiger charge is 2.21. The maximum Gasteiger partial charge on any atom is 0.0963 e. The van der Waals surface area contributed by atoms with Crippen LogP contribution >= 0.6 is 0 Å². The van der Waals surface area contributed by atoms with E-state index in [0.717, 1.165) is 19.3 Å². The van der Waals surface area contributed by atoms with Gasteiger partial charge in [-0.05, 0) is 19.3 Å². The number of oxime groups is 1. The number of hydrogen-bond donors (Lipinski definition) is 1. The Kier molecular flexibility index (Phi) is 2.68. The molecule has 0 bridgehead atoms. The molecular formula is C7H13NO2. The molecule has 1 heterocycles. The Morgan fingerprint density at radius 1 is 1.70 bits per heavy atom. The summed E-state index contributed by atoms with van der Waals surface area (Å²) < 4.78 is 5.44. The van der Waals surface area contributed by atoms with Crippen molar-refractivity contribution in [1.82, 2.24) is 0 Å². The van der Waals surface area contributed by atoms with Crippen molar-refractivity contribution in [2.24, 2.45) is 5.16 Å². The molecular weight excluding hydrogens is 130 g/mol. The fraction of sp³-hybridized carbons (Fsp3) is 0.857. The summed E-state index contributed by atoms with van der Waals surface area (Å²) in [5.74, 6) is 0. The molecule has 0 radical (unpaired) electrons. The van der Waals surface area contributed by atoms with Crippen molar-refractivity contribution in [2.45, 2.75) is 38.4 Å². The summed E-state index contributed by atoms with van der Waals surface area (Å²) in [5, 5.41) is 11.1. The minimum atomic E-state index is 0.0509. The molecule has 0 aromatic heterocycles. The van der Waals surface area contributed by atoms with Gasteiger partial charge in [-0.3, -0.25) is 0 Å². The first kappa shape index (κ1) is 7.54. The Morgan fingerprint density at radius 2 is 2.50 bits per heavy atom. The van der Waals surface area contributed by atoms with Crippen LogP contribution in [-0.4, -0.2) is 23.6 Å². The molecule has 10 heavy (non-hydrogen) atoms. The highest BCUT2D eigenvalue weighted by atomic mass is 16.5. The van der Waals surface area contributed by atoms with E-state index in [-0.39, 0.29) is 6.10 Å². The van der Waals surface area contributed by atoms with Crippen molar-refractivity contribution in [1.29, 1.82) is 0 Å². The Bertz CT molecular complexity index is 125. The van der Waals surface area contributed by atoms with Gasteiger partial charge in [-0.15, -0.1) is 0 Å². The molecule has 0 aromatic rings. The van der Waals surface area contributed by atoms with E-state index in [0.29, 0.717) is 6.10 Å². The largest absolute Gasteiger partial charge is 0.411 e. The number of hydrogen-bond acceptors (Lipinski definition) is 3. The minimum Gasteiger partial charge on any atom is -0.411 e. The molecule has 0 aliphatic carbocycles. The summed E-state index contributed by atoms with van der Waals surface area (Å²) in [6, 6.07) is 0. The van der Waals surface area contributed by atoms with Gasteiger partial charge in [0.05, 0.1) is 18.4 Å². The van der Waals surface area contributed by atoms with Gasteiger partial charge in [0.25, 0.3) is 0 Å². The van der Waals surface area contributed by atoms with Gasteiger partial charge in [0.15, 0.2) is 0 Å². The van der Waals surface area contributed by atoms with E-state index in [1.807, 2.05) is 0 Å². The van der Waals surface area contributed by atoms with E-state index in [4.69, 9.17) is 9.94 Å². The molecule has 2 unspecified atom stereocenters. The third kappa shape index (κ3) is 1.70. The van der Waals surface area contributed by atoms with E-state index in [9.17, 15) is 0 Å². The fourth-order valence-corrected chi connectivity index (χ4v) is 1.22. The first-order chi connectivity index (χ1) is 4.86. The number of rotatable bonds is 2. The van der Waals surface area contributed by atoms with Crippen LogP contribution in [0.5, 0.6) is 0 Å². The van der Waals surface area contributed by atoms with Crippen LogP contribution in [0.1, 0.15) is 26.2 Å². The number of ether oxygens (including phenoxy) is 1. The summed E-state index contributed by atoms with van der Waals surface area (Å²) in [5.41, 5.74) is 0. The monoisotopic (exact) mass is 143 g/mol. The van der Waals surface area contributed by atoms with Gasteiger partial charge in [-0.1, -0.05) is 12.1 Å². The van der Waals surface area contributed by atoms with Crippen LogP contribution in [0.15, 0.2) is 5.16 Å². The molecule has 1 fully saturated rings. The minimum absolute atomic E-state index is 0.0509. The lowest BCUT2D eigenvalue weighted by Crippen LogP contribution is -2.10. The Labute approximate surface area is 60.7 Å². The lowest BCUT2D eigenvalue weighted by atomic mass is 10.2. The second-order valence-electron chi connectivity index (χ2n) is 2.55. The van der Waals surface area contributed by atoms with Crippen LogP contribution < -0.4 is 0 Å². The average molecular weight is 143 g/mol. The zero-order valence-corrected chi connectivity index (χ0v) is 6.16. The quantitative estimate of drug-likeness (QED) is 0.360. The van der Waals surface area contributed by atoms with Crippen LogP contribution in [-0.2, 0) is 4.74 Å². The van der Waals surface area contributed by atoms with Gasteiger partial charge in [0, 0.05) is 0 Å². The molecule has 2 atom stereocenters. The third-order valence-corrected chi connectivity index (χ3v) is 1.83. The van der Waals surface area contributed by atoms with Crippen molar-refractivity contribution in [3.05, 3.63) is 0 Å². The second kappa shape index (κ2) is 3.56. The first-order valence-corrected chi connectivity index (χ1v) is 3.69. The van der Waals surface area contributed by atoms with Crippen molar-refractivity contribution >= 4 is 6.21 Å². The molecule has 0 spiro atoms. The number of nitrogens with zero attached hydrogens (tertiary/aromatic N) is 1. The average Bonchev–Trinajstić information content (AvgIpc) is 2.37. The van der Waals surface area contributed by atoms with Crippen molar-refractivity contribution < 1.29 is 9.94 Å². The first-order valence-electron chi connectivity index (χ1n) is 3.69. The highest BCUT2D eigenvalue weighted by molar-refractivity contribution is 5.62. The highest BCUT2D eigenvalue weighted by Crippen LogP contribution is 2.20. The molecule has 1 aliphatic heterocycles. The van der Waals surface area contributed by atoms with Crippen LogP contribution in [0.2, 0.25) is 0 Å². The standard InChI is InChI=1S/C7H13NO2/c1-2-6-3-4-7(10-6)5-8-9/h5-7,9H,2-4H2,1H3. The van der Waals surface area contributed by atoms with Crippen molar-refractivity contribution in [2.75, 3.05) is 0 Å². The maximum absolute atomic E-state index is 8.18. The van der Waals surface area contributed by atoms with E-state index in [2.05, 4.69) is 12.1 Å². The summed E-state index contributed by atoms with van der Waals surface area (Å²) in [6.45, 7) is 2.10. The SMILES string of the molecule is CCC1CCC(C=NO)O1. The van der Waals surface area contributed by atoms with E-state index in [1.54, 1.807) is 0 Å². The lowest BCUT2D eigenvalue weighted by Gasteiger charge is -2.06. The van der Waals surface area contributed by atoms with E-state index >= 15 is 0 Å². The molecule has 3 nitrogen and oxygen atoms in total. The van der Waals surface area contributed by atoms with E-state index < -0.39 is 0 Å². The molecule has 1 rings (SSSR count). The van der Waals surface area contributed by atoms with Crippen LogP contribution in [0.25, 0.3) is 0 Å². The zero-order chi connectivity index (χ0) is 7.40. The molecule has 0 amide bonds. The van der Waals surface area contributed by atoms with Gasteiger partial charge in [-0.25, -0.2) is 0 Å². The Morgan fingerprint density at radius 3 is 3.00 bits per heavy atom. The van der Waals surface area contributed by atoms with E-state index in [1.165, 1.54) is 6.21 Å². The molecule has 58 valence electrons. The fourth-order valence-electron chi connectivity index (χ4n) is 1.22. The smallest absolute Gasteiger partial charge is 0.0963 e. The maximum atomic E-state index is 8.18. The second-order valence-corrected chi connectivity index (χ2v) is 2.55. The van der Waals surface area contributed by atoms with Crippen molar-refractivity contribution in [3.8, 4) is 0 Å². The molecule has 1 aliphatic rings. The van der Waals surface area contributed by atoms with Crippen molar-refractivity contribution in [3.63, 3.8) is 0 Å². The topological polar surface area (TPSA) is 41.8 Å². The van der Waals surface area contributed by atoms with Crippen LogP contribution in [0.4, 0.5) is 0 Å². The van der Waals surface area contributed by atoms with Gasteiger partial charge in [0.2, 0.25) is 0 Å². The van der Waals surface area contributed by atoms with Gasteiger partial charge >= 0.3 is 0 Å². The molecule has 1 saturated heterocycles. The van der Waals surface area contributed by atoms with Gasteiger partial charge in [0.1, 0.15) is 0 Å². The molecule has 3 heteroatoms. The normalized spacial score (nSPS) is 33.7. The molecule has 0 saturated carbocycles. The summed E-state index contributed by atoms with van der Waals surface area (Å²) in [7, 11) is 0. The van der Waals surface area contributed by atoms with Crippen LogP contribution in [0, 0.1) is 0 Å². The predicted octanol–water partition coefficient (Wildman–Crippen LogP) is 1.40. The predicted molar refractivity (Wildman–Crippen MR) is 38.5 cm³/mol. The van der Waals surface area contributed by atoms with Gasteiger partial charge < -0.3 is 9.94 Å². The van der Waals surface area contributed by atoms with Gasteiger partial charge in [-0.2, -0.15) is 0 Å². The zero-order valence-electron chi connectivity index (χ0n) is 6.16. The third-order valence-electron chi connectivity index (χ3n) is 1.83. The summed E-state index contributed by atoms with van der Waals surface area (Å²) in [4.78, 5) is 0. The molecule has 0 aromatic carbocycles. The lowest BCUT2D eigenvalue weighted by molar-refractivity contribution is 0.0795. The summed E-state index contributed by atoms with van der Waals surface area (Å²) in [6.07, 6.45) is 5.01. The summed E-state index contributed by atoms with van der Waals surface area (Å²) >= 11 is 0.